The molecule has 3 rings (SSSR count). The third kappa shape index (κ3) is 4.18. The molecule has 130 valence electrons. The van der Waals surface area contributed by atoms with Gasteiger partial charge in [-0.05, 0) is 36.4 Å². The second kappa shape index (κ2) is 7.83. The minimum absolute atomic E-state index is 0.0149. The number of benzene rings is 2. The van der Waals surface area contributed by atoms with E-state index in [-0.39, 0.29) is 11.9 Å². The zero-order chi connectivity index (χ0) is 17.6. The largest absolute Gasteiger partial charge is 0.427 e. The fraction of sp³-hybridized carbons (Fsp3) is 0.300. The second-order valence-corrected chi connectivity index (χ2v) is 5.97. The lowest BCUT2D eigenvalue weighted by molar-refractivity contribution is -0.134. The summed E-state index contributed by atoms with van der Waals surface area (Å²) in [6, 6.07) is 17.0. The molecular formula is C20H22N2O3. The third-order valence-electron chi connectivity index (χ3n) is 4.31. The van der Waals surface area contributed by atoms with Crippen molar-refractivity contribution in [2.24, 2.45) is 0 Å². The van der Waals surface area contributed by atoms with Gasteiger partial charge in [-0.3, -0.25) is 9.59 Å². The Morgan fingerprint density at radius 3 is 2.16 bits per heavy atom. The summed E-state index contributed by atoms with van der Waals surface area (Å²) in [5.41, 5.74) is 1.81. The van der Waals surface area contributed by atoms with Crippen LogP contribution in [0.5, 0.6) is 5.75 Å². The Bertz CT molecular complexity index is 720. The predicted molar refractivity (Wildman–Crippen MR) is 96.9 cm³/mol. The van der Waals surface area contributed by atoms with Crippen LogP contribution in [-0.2, 0) is 4.79 Å². The Morgan fingerprint density at radius 2 is 1.56 bits per heavy atom. The van der Waals surface area contributed by atoms with Crippen LogP contribution in [0, 0.1) is 0 Å². The Balaban J connectivity index is 1.58. The Morgan fingerprint density at radius 1 is 0.920 bits per heavy atom. The summed E-state index contributed by atoms with van der Waals surface area (Å²) in [6.07, 6.45) is 0.326. The third-order valence-corrected chi connectivity index (χ3v) is 4.31. The number of para-hydroxylation sites is 1. The van der Waals surface area contributed by atoms with Gasteiger partial charge in [-0.25, -0.2) is 0 Å². The molecule has 1 aliphatic rings. The van der Waals surface area contributed by atoms with Crippen molar-refractivity contribution in [3.05, 3.63) is 60.2 Å². The zero-order valence-electron chi connectivity index (χ0n) is 14.4. The van der Waals surface area contributed by atoms with Crippen molar-refractivity contribution >= 4 is 17.6 Å². The molecule has 0 bridgehead atoms. The highest BCUT2D eigenvalue weighted by Crippen LogP contribution is 2.18. The van der Waals surface area contributed by atoms with Gasteiger partial charge in [0, 0.05) is 43.9 Å². The number of esters is 1. The molecule has 1 amide bonds. The average Bonchev–Trinajstić information content (AvgIpc) is 2.69. The van der Waals surface area contributed by atoms with E-state index in [9.17, 15) is 9.59 Å². The van der Waals surface area contributed by atoms with Crippen molar-refractivity contribution in [3.63, 3.8) is 0 Å². The molecule has 25 heavy (non-hydrogen) atoms. The molecule has 0 spiro atoms. The van der Waals surface area contributed by atoms with Gasteiger partial charge in [0.25, 0.3) is 5.91 Å². The molecule has 2 aromatic carbocycles. The van der Waals surface area contributed by atoms with Crippen molar-refractivity contribution in [2.75, 3.05) is 31.1 Å². The maximum absolute atomic E-state index is 12.6. The number of anilines is 1. The highest BCUT2D eigenvalue weighted by Gasteiger charge is 2.22. The normalized spacial score (nSPS) is 14.3. The summed E-state index contributed by atoms with van der Waals surface area (Å²) in [5, 5.41) is 0. The van der Waals surface area contributed by atoms with E-state index in [0.717, 1.165) is 13.1 Å². The van der Waals surface area contributed by atoms with E-state index in [0.29, 0.717) is 30.8 Å². The quantitative estimate of drug-likeness (QED) is 0.635. The molecule has 1 fully saturated rings. The van der Waals surface area contributed by atoms with Gasteiger partial charge in [0.15, 0.2) is 0 Å². The number of carbonyl (C=O) groups excluding carboxylic acids is 2. The van der Waals surface area contributed by atoms with Crippen molar-refractivity contribution in [1.29, 1.82) is 0 Å². The van der Waals surface area contributed by atoms with E-state index in [1.54, 1.807) is 31.2 Å². The molecule has 0 aromatic heterocycles. The van der Waals surface area contributed by atoms with Gasteiger partial charge in [0.1, 0.15) is 5.75 Å². The van der Waals surface area contributed by atoms with E-state index in [2.05, 4.69) is 17.0 Å². The van der Waals surface area contributed by atoms with Crippen LogP contribution in [-0.4, -0.2) is 43.0 Å². The summed E-state index contributed by atoms with van der Waals surface area (Å²) < 4.78 is 5.14. The van der Waals surface area contributed by atoms with E-state index in [4.69, 9.17) is 4.74 Å². The topological polar surface area (TPSA) is 49.9 Å². The SMILES string of the molecule is CCC(=O)Oc1ccc(C(=O)N2CCN(c3ccccc3)CC2)cc1. The van der Waals surface area contributed by atoms with Gasteiger partial charge in [-0.1, -0.05) is 25.1 Å². The molecule has 0 saturated carbocycles. The zero-order valence-corrected chi connectivity index (χ0v) is 14.4. The lowest BCUT2D eigenvalue weighted by Crippen LogP contribution is -2.48. The number of ether oxygens (including phenoxy) is 1. The molecule has 0 N–H and O–H groups in total. The van der Waals surface area contributed by atoms with E-state index < -0.39 is 0 Å². The summed E-state index contributed by atoms with van der Waals surface area (Å²) in [5.74, 6) is 0.203. The lowest BCUT2D eigenvalue weighted by Gasteiger charge is -2.36. The molecule has 1 heterocycles. The molecule has 1 aliphatic heterocycles. The first-order valence-corrected chi connectivity index (χ1v) is 8.57. The first-order chi connectivity index (χ1) is 12.2. The number of piperazine rings is 1. The average molecular weight is 338 g/mol. The summed E-state index contributed by atoms with van der Waals surface area (Å²) >= 11 is 0. The smallest absolute Gasteiger partial charge is 0.310 e. The number of nitrogens with zero attached hydrogens (tertiary/aromatic N) is 2. The van der Waals surface area contributed by atoms with Gasteiger partial charge in [0.05, 0.1) is 0 Å². The monoisotopic (exact) mass is 338 g/mol. The van der Waals surface area contributed by atoms with E-state index >= 15 is 0 Å². The molecule has 0 aliphatic carbocycles. The Kier molecular flexibility index (Phi) is 5.33. The standard InChI is InChI=1S/C20H22N2O3/c1-2-19(23)25-18-10-8-16(9-11-18)20(24)22-14-12-21(13-15-22)17-6-4-3-5-7-17/h3-11H,2,12-15H2,1H3. The number of carbonyl (C=O) groups is 2. The maximum atomic E-state index is 12.6. The van der Waals surface area contributed by atoms with Crippen LogP contribution >= 0.6 is 0 Å². The fourth-order valence-corrected chi connectivity index (χ4v) is 2.86. The minimum Gasteiger partial charge on any atom is -0.427 e. The van der Waals surface area contributed by atoms with Gasteiger partial charge >= 0.3 is 5.97 Å². The molecule has 5 nitrogen and oxygen atoms in total. The van der Waals surface area contributed by atoms with Gasteiger partial charge in [-0.2, -0.15) is 0 Å². The van der Waals surface area contributed by atoms with Gasteiger partial charge in [-0.15, -0.1) is 0 Å². The number of rotatable bonds is 4. The molecule has 2 aromatic rings. The van der Waals surface area contributed by atoms with Crippen LogP contribution in [0.4, 0.5) is 5.69 Å². The van der Waals surface area contributed by atoms with Crippen LogP contribution < -0.4 is 9.64 Å². The second-order valence-electron chi connectivity index (χ2n) is 5.97. The van der Waals surface area contributed by atoms with Gasteiger partial charge < -0.3 is 14.5 Å². The number of hydrogen-bond donors (Lipinski definition) is 0. The molecule has 0 unspecified atom stereocenters. The van der Waals surface area contributed by atoms with Crippen molar-refractivity contribution in [3.8, 4) is 5.75 Å². The minimum atomic E-state index is -0.281. The van der Waals surface area contributed by atoms with Crippen molar-refractivity contribution in [2.45, 2.75) is 13.3 Å². The van der Waals surface area contributed by atoms with E-state index in [1.165, 1.54) is 5.69 Å². The first-order valence-electron chi connectivity index (χ1n) is 8.57. The molecule has 0 atom stereocenters. The fourth-order valence-electron chi connectivity index (χ4n) is 2.86. The van der Waals surface area contributed by atoms with Crippen LogP contribution in [0.15, 0.2) is 54.6 Å². The highest BCUT2D eigenvalue weighted by molar-refractivity contribution is 5.94. The Hall–Kier alpha value is -2.82. The van der Waals surface area contributed by atoms with Crippen LogP contribution in [0.25, 0.3) is 0 Å². The predicted octanol–water partition coefficient (Wildman–Crippen LogP) is 2.96. The van der Waals surface area contributed by atoms with Gasteiger partial charge in [0.2, 0.25) is 0 Å². The molecule has 0 radical (unpaired) electrons. The van der Waals surface area contributed by atoms with Crippen molar-refractivity contribution < 1.29 is 14.3 Å². The number of amides is 1. The highest BCUT2D eigenvalue weighted by atomic mass is 16.5. The molecule has 1 saturated heterocycles. The first kappa shape index (κ1) is 17.0. The Labute approximate surface area is 147 Å². The summed E-state index contributed by atoms with van der Waals surface area (Å²) in [7, 11) is 0. The van der Waals surface area contributed by atoms with E-state index in [1.807, 2.05) is 23.1 Å². The van der Waals surface area contributed by atoms with Crippen LogP contribution in [0.2, 0.25) is 0 Å². The van der Waals surface area contributed by atoms with Crippen LogP contribution in [0.1, 0.15) is 23.7 Å². The summed E-state index contributed by atoms with van der Waals surface area (Å²) in [4.78, 5) is 28.1. The maximum Gasteiger partial charge on any atom is 0.310 e. The summed E-state index contributed by atoms with van der Waals surface area (Å²) in [6.45, 7) is 4.78. The van der Waals surface area contributed by atoms with Crippen molar-refractivity contribution in [1.82, 2.24) is 4.90 Å². The van der Waals surface area contributed by atoms with Crippen LogP contribution in [0.3, 0.4) is 0 Å². The lowest BCUT2D eigenvalue weighted by atomic mass is 10.1. The molecule has 5 heteroatoms. The molecular weight excluding hydrogens is 316 g/mol. The number of hydrogen-bond acceptors (Lipinski definition) is 4.